The highest BCUT2D eigenvalue weighted by atomic mass is 32.2. The highest BCUT2D eigenvalue weighted by Gasteiger charge is 2.28. The number of thioether (sulfide) groups is 1. The summed E-state index contributed by atoms with van der Waals surface area (Å²) in [6.45, 7) is 3.42. The van der Waals surface area contributed by atoms with E-state index in [4.69, 9.17) is 0 Å². The van der Waals surface area contributed by atoms with Crippen LogP contribution in [0.3, 0.4) is 0 Å². The van der Waals surface area contributed by atoms with Crippen molar-refractivity contribution in [2.75, 3.05) is 6.26 Å². The van der Waals surface area contributed by atoms with E-state index in [-0.39, 0.29) is 11.3 Å². The first-order valence-corrected chi connectivity index (χ1v) is 7.83. The van der Waals surface area contributed by atoms with Crippen molar-refractivity contribution in [1.29, 1.82) is 0 Å². The molecule has 3 nitrogen and oxygen atoms in total. The van der Waals surface area contributed by atoms with Gasteiger partial charge in [-0.1, -0.05) is 0 Å². The highest BCUT2D eigenvalue weighted by molar-refractivity contribution is 7.99. The summed E-state index contributed by atoms with van der Waals surface area (Å²) in [4.78, 5) is 0. The van der Waals surface area contributed by atoms with Crippen LogP contribution >= 0.6 is 11.8 Å². The topological polar surface area (TPSA) is 46.2 Å². The van der Waals surface area contributed by atoms with Crippen molar-refractivity contribution >= 4 is 21.8 Å². The third-order valence-corrected chi connectivity index (χ3v) is 5.67. The normalized spacial score (nSPS) is 28.6. The van der Waals surface area contributed by atoms with E-state index in [0.717, 1.165) is 19.3 Å². The molecule has 14 heavy (non-hydrogen) atoms. The second kappa shape index (κ2) is 4.86. The smallest absolute Gasteiger partial charge is 0.212 e. The molecule has 84 valence electrons. The zero-order valence-electron chi connectivity index (χ0n) is 8.99. The predicted octanol–water partition coefficient (Wildman–Crippen LogP) is 1.60. The number of nitrogens with one attached hydrogen (secondary N) is 1. The van der Waals surface area contributed by atoms with Crippen LogP contribution in [-0.2, 0) is 10.0 Å². The second-order valence-electron chi connectivity index (χ2n) is 4.08. The molecule has 1 aliphatic rings. The summed E-state index contributed by atoms with van der Waals surface area (Å²) in [5.74, 6) is 0. The fourth-order valence-corrected chi connectivity index (χ4v) is 3.38. The maximum atomic E-state index is 11.6. The Labute approximate surface area is 91.1 Å². The van der Waals surface area contributed by atoms with E-state index >= 15 is 0 Å². The van der Waals surface area contributed by atoms with E-state index in [9.17, 15) is 8.42 Å². The summed E-state index contributed by atoms with van der Waals surface area (Å²) in [6, 6.07) is 0.167. The molecule has 0 aromatic rings. The summed E-state index contributed by atoms with van der Waals surface area (Å²) >= 11 is 1.84. The van der Waals surface area contributed by atoms with Crippen molar-refractivity contribution in [2.45, 2.75) is 49.7 Å². The summed E-state index contributed by atoms with van der Waals surface area (Å²) in [5.41, 5.74) is 0. The van der Waals surface area contributed by atoms with Crippen LogP contribution in [0.1, 0.15) is 33.1 Å². The molecule has 2 unspecified atom stereocenters. The van der Waals surface area contributed by atoms with Crippen LogP contribution in [0.15, 0.2) is 0 Å². The van der Waals surface area contributed by atoms with Gasteiger partial charge in [-0.2, -0.15) is 11.8 Å². The molecule has 0 heterocycles. The standard InChI is InChI=1S/C9H19NO2S2/c1-7(2)14(11,12)10-8-4-5-9(6-8)13-3/h7-10H,4-6H2,1-3H3. The molecular weight excluding hydrogens is 218 g/mol. The molecule has 0 aromatic heterocycles. The first kappa shape index (κ1) is 12.3. The second-order valence-corrected chi connectivity index (χ2v) is 7.49. The Morgan fingerprint density at radius 2 is 2.00 bits per heavy atom. The van der Waals surface area contributed by atoms with Crippen LogP contribution in [0.4, 0.5) is 0 Å². The SMILES string of the molecule is CSC1CCC(NS(=O)(=O)C(C)C)C1. The molecule has 1 N–H and O–H groups in total. The zero-order valence-corrected chi connectivity index (χ0v) is 10.6. The first-order valence-electron chi connectivity index (χ1n) is 4.99. The Morgan fingerprint density at radius 1 is 1.36 bits per heavy atom. The van der Waals surface area contributed by atoms with Gasteiger partial charge in [0.05, 0.1) is 5.25 Å². The van der Waals surface area contributed by atoms with E-state index in [1.807, 2.05) is 11.8 Å². The average molecular weight is 237 g/mol. The predicted molar refractivity (Wildman–Crippen MR) is 62.1 cm³/mol. The van der Waals surface area contributed by atoms with Crippen molar-refractivity contribution in [3.63, 3.8) is 0 Å². The minimum Gasteiger partial charge on any atom is -0.212 e. The van der Waals surface area contributed by atoms with Crippen LogP contribution < -0.4 is 4.72 Å². The van der Waals surface area contributed by atoms with Crippen molar-refractivity contribution < 1.29 is 8.42 Å². The van der Waals surface area contributed by atoms with Crippen LogP contribution in [0, 0.1) is 0 Å². The lowest BCUT2D eigenvalue weighted by atomic mass is 10.3. The Kier molecular flexibility index (Phi) is 4.28. The molecule has 0 aromatic carbocycles. The molecule has 0 aliphatic heterocycles. The molecule has 0 spiro atoms. The molecule has 5 heteroatoms. The van der Waals surface area contributed by atoms with Gasteiger partial charge in [0.25, 0.3) is 0 Å². The van der Waals surface area contributed by atoms with Crippen molar-refractivity contribution in [3.05, 3.63) is 0 Å². The van der Waals surface area contributed by atoms with Crippen molar-refractivity contribution in [1.82, 2.24) is 4.72 Å². The van der Waals surface area contributed by atoms with Gasteiger partial charge in [0, 0.05) is 11.3 Å². The fourth-order valence-electron chi connectivity index (χ4n) is 1.63. The minimum atomic E-state index is -3.07. The summed E-state index contributed by atoms with van der Waals surface area (Å²) < 4.78 is 25.9. The van der Waals surface area contributed by atoms with Crippen LogP contribution in [0.25, 0.3) is 0 Å². The van der Waals surface area contributed by atoms with Gasteiger partial charge in [-0.3, -0.25) is 0 Å². The molecule has 1 rings (SSSR count). The van der Waals surface area contributed by atoms with Gasteiger partial charge in [0.2, 0.25) is 10.0 Å². The number of sulfonamides is 1. The van der Waals surface area contributed by atoms with E-state index in [1.165, 1.54) is 0 Å². The first-order chi connectivity index (χ1) is 6.45. The Morgan fingerprint density at radius 3 is 2.43 bits per heavy atom. The third-order valence-electron chi connectivity index (χ3n) is 2.67. The van der Waals surface area contributed by atoms with Crippen molar-refractivity contribution in [3.8, 4) is 0 Å². The largest absolute Gasteiger partial charge is 0.214 e. The minimum absolute atomic E-state index is 0.167. The molecule has 0 bridgehead atoms. The van der Waals surface area contributed by atoms with E-state index in [0.29, 0.717) is 5.25 Å². The number of rotatable bonds is 4. The summed E-state index contributed by atoms with van der Waals surface area (Å²) in [7, 11) is -3.07. The lowest BCUT2D eigenvalue weighted by Crippen LogP contribution is -2.37. The van der Waals surface area contributed by atoms with Crippen LogP contribution in [0.2, 0.25) is 0 Å². The maximum absolute atomic E-state index is 11.6. The zero-order chi connectivity index (χ0) is 10.8. The lowest BCUT2D eigenvalue weighted by Gasteiger charge is -2.15. The van der Waals surface area contributed by atoms with Crippen LogP contribution in [0.5, 0.6) is 0 Å². The van der Waals surface area contributed by atoms with Gasteiger partial charge < -0.3 is 0 Å². The van der Waals surface area contributed by atoms with Gasteiger partial charge in [-0.25, -0.2) is 13.1 Å². The van der Waals surface area contributed by atoms with Gasteiger partial charge in [-0.15, -0.1) is 0 Å². The number of hydrogen-bond acceptors (Lipinski definition) is 3. The monoisotopic (exact) mass is 237 g/mol. The van der Waals surface area contributed by atoms with Gasteiger partial charge >= 0.3 is 0 Å². The Balaban J connectivity index is 2.47. The summed E-state index contributed by atoms with van der Waals surface area (Å²) in [6.07, 6.45) is 5.18. The number of hydrogen-bond donors (Lipinski definition) is 1. The molecule has 1 aliphatic carbocycles. The molecule has 2 atom stereocenters. The molecular formula is C9H19NO2S2. The van der Waals surface area contributed by atoms with Crippen molar-refractivity contribution in [2.24, 2.45) is 0 Å². The summed E-state index contributed by atoms with van der Waals surface area (Å²) in [5, 5.41) is 0.311. The quantitative estimate of drug-likeness (QED) is 0.808. The maximum Gasteiger partial charge on any atom is 0.214 e. The van der Waals surface area contributed by atoms with Gasteiger partial charge in [0.1, 0.15) is 0 Å². The van der Waals surface area contributed by atoms with Gasteiger partial charge in [0.15, 0.2) is 0 Å². The van der Waals surface area contributed by atoms with Gasteiger partial charge in [-0.05, 0) is 39.4 Å². The van der Waals surface area contributed by atoms with Crippen LogP contribution in [-0.4, -0.2) is 31.2 Å². The average Bonchev–Trinajstić information content (AvgIpc) is 2.51. The molecule has 0 radical (unpaired) electrons. The molecule has 1 fully saturated rings. The van der Waals surface area contributed by atoms with E-state index < -0.39 is 10.0 Å². The van der Waals surface area contributed by atoms with E-state index in [1.54, 1.807) is 13.8 Å². The molecule has 1 saturated carbocycles. The third kappa shape index (κ3) is 3.14. The Hall–Kier alpha value is 0.260. The molecule has 0 saturated heterocycles. The highest BCUT2D eigenvalue weighted by Crippen LogP contribution is 2.28. The fraction of sp³-hybridized carbons (Fsp3) is 1.00. The molecule has 0 amide bonds. The Bertz CT molecular complexity index is 275. The lowest BCUT2D eigenvalue weighted by molar-refractivity contribution is 0.544. The van der Waals surface area contributed by atoms with E-state index in [2.05, 4.69) is 11.0 Å².